The number of esters is 1. The van der Waals surface area contributed by atoms with Crippen molar-refractivity contribution in [2.45, 2.75) is 45.8 Å². The largest absolute Gasteiger partial charge is 0.458 e. The molecule has 4 heteroatoms. The Balaban J connectivity index is 2.49. The molecule has 1 unspecified atom stereocenters. The molecule has 0 aliphatic carbocycles. The molecule has 2 aromatic carbocycles. The van der Waals surface area contributed by atoms with Crippen molar-refractivity contribution in [1.29, 1.82) is 0 Å². The number of halogens is 1. The van der Waals surface area contributed by atoms with E-state index in [1.807, 2.05) is 94.4 Å². The Bertz CT molecular complexity index is 760. The third-order valence-corrected chi connectivity index (χ3v) is 4.00. The molecule has 0 heterocycles. The zero-order valence-corrected chi connectivity index (χ0v) is 17.9. The molecule has 0 saturated heterocycles. The molecule has 142 valence electrons. The molecule has 0 radical (unpaired) electrons. The predicted octanol–water partition coefficient (Wildman–Crippen LogP) is 5.92. The zero-order valence-electron chi connectivity index (χ0n) is 16.3. The fraction of sp³-hybridized carbons (Fsp3) is 0.304. The molecule has 0 amide bonds. The fourth-order valence-corrected chi connectivity index (χ4v) is 2.70. The summed E-state index contributed by atoms with van der Waals surface area (Å²) in [7, 11) is 0. The van der Waals surface area contributed by atoms with E-state index in [9.17, 15) is 4.79 Å². The van der Waals surface area contributed by atoms with Crippen LogP contribution in [0.5, 0.6) is 0 Å². The number of carbonyl (C=O) groups is 1. The van der Waals surface area contributed by atoms with Gasteiger partial charge in [-0.15, -0.1) is 0 Å². The van der Waals surface area contributed by atoms with Gasteiger partial charge >= 0.3 is 5.97 Å². The highest BCUT2D eigenvalue weighted by Crippen LogP contribution is 2.18. The number of carbonyl (C=O) groups excluding carboxylic acids is 1. The lowest BCUT2D eigenvalue weighted by Crippen LogP contribution is -2.31. The van der Waals surface area contributed by atoms with Crippen LogP contribution in [-0.2, 0) is 9.53 Å². The van der Waals surface area contributed by atoms with Crippen molar-refractivity contribution >= 4 is 27.6 Å². The smallest absolute Gasteiger partial charge is 0.331 e. The first-order valence-corrected chi connectivity index (χ1v) is 9.79. The second-order valence-corrected chi connectivity index (χ2v) is 8.54. The highest BCUT2D eigenvalue weighted by atomic mass is 79.9. The summed E-state index contributed by atoms with van der Waals surface area (Å²) >= 11 is 3.43. The first-order chi connectivity index (χ1) is 12.8. The first kappa shape index (κ1) is 21.1. The summed E-state index contributed by atoms with van der Waals surface area (Å²) in [5, 5.41) is 0. The average Bonchev–Trinajstić information content (AvgIpc) is 2.61. The van der Waals surface area contributed by atoms with Crippen LogP contribution in [0.1, 0.15) is 45.2 Å². The van der Waals surface area contributed by atoms with E-state index in [1.165, 1.54) is 0 Å². The summed E-state index contributed by atoms with van der Waals surface area (Å²) < 4.78 is 6.58. The van der Waals surface area contributed by atoms with Crippen molar-refractivity contribution in [3.8, 4) is 0 Å². The lowest BCUT2D eigenvalue weighted by Gasteiger charge is -2.22. The maximum Gasteiger partial charge on any atom is 0.331 e. The Morgan fingerprint density at radius 2 is 1.52 bits per heavy atom. The van der Waals surface area contributed by atoms with Crippen LogP contribution in [0.3, 0.4) is 0 Å². The second-order valence-electron chi connectivity index (χ2n) is 7.29. The minimum Gasteiger partial charge on any atom is -0.458 e. The van der Waals surface area contributed by atoms with Crippen LogP contribution in [0, 0.1) is 0 Å². The number of allylic oxidation sites excluding steroid dienone is 1. The predicted molar refractivity (Wildman–Crippen MR) is 115 cm³/mol. The maximum atomic E-state index is 12.8. The van der Waals surface area contributed by atoms with E-state index in [0.717, 1.165) is 21.3 Å². The van der Waals surface area contributed by atoms with E-state index >= 15 is 0 Å². The monoisotopic (exact) mass is 427 g/mol. The maximum absolute atomic E-state index is 12.8. The Morgan fingerprint density at radius 1 is 1.04 bits per heavy atom. The van der Waals surface area contributed by atoms with Crippen LogP contribution in [0.4, 0.5) is 0 Å². The van der Waals surface area contributed by atoms with Gasteiger partial charge in [0, 0.05) is 11.1 Å². The summed E-state index contributed by atoms with van der Waals surface area (Å²) in [6.07, 6.45) is 2.42. The zero-order chi connectivity index (χ0) is 19.9. The fourth-order valence-electron chi connectivity index (χ4n) is 2.51. The molecule has 1 atom stereocenters. The van der Waals surface area contributed by atoms with Gasteiger partial charge in [-0.2, -0.15) is 0 Å². The number of aliphatic imine (C=N–C) groups is 1. The van der Waals surface area contributed by atoms with Crippen LogP contribution in [0.15, 0.2) is 76.2 Å². The van der Waals surface area contributed by atoms with Gasteiger partial charge < -0.3 is 4.74 Å². The van der Waals surface area contributed by atoms with E-state index in [1.54, 1.807) is 0 Å². The molecule has 0 fully saturated rings. The van der Waals surface area contributed by atoms with Crippen LogP contribution in [0.2, 0.25) is 0 Å². The van der Waals surface area contributed by atoms with Gasteiger partial charge in [0.1, 0.15) is 5.60 Å². The molecule has 3 nitrogen and oxygen atoms in total. The first-order valence-electron chi connectivity index (χ1n) is 9.00. The molecular weight excluding hydrogens is 402 g/mol. The number of benzene rings is 2. The Labute approximate surface area is 170 Å². The van der Waals surface area contributed by atoms with Gasteiger partial charge in [-0.05, 0) is 38.6 Å². The van der Waals surface area contributed by atoms with Gasteiger partial charge in [-0.25, -0.2) is 4.79 Å². The van der Waals surface area contributed by atoms with Gasteiger partial charge in [0.05, 0.1) is 5.71 Å². The van der Waals surface area contributed by atoms with Crippen molar-refractivity contribution in [3.63, 3.8) is 0 Å². The van der Waals surface area contributed by atoms with E-state index in [-0.39, 0.29) is 5.97 Å². The van der Waals surface area contributed by atoms with Crippen molar-refractivity contribution < 1.29 is 9.53 Å². The third-order valence-electron chi connectivity index (χ3n) is 3.68. The standard InChI is InChI=1S/C23H26BrNO2/c1-17(24)15-16-20(22(26)27-23(2,3)4)25-21(18-11-7-5-8-12-18)19-13-9-6-10-14-19/h5-15,20H,16H2,1-4H3/b17-15-. The van der Waals surface area contributed by atoms with Crippen molar-refractivity contribution in [1.82, 2.24) is 0 Å². The van der Waals surface area contributed by atoms with Gasteiger partial charge in [0.2, 0.25) is 0 Å². The molecule has 0 saturated carbocycles. The topological polar surface area (TPSA) is 38.7 Å². The van der Waals surface area contributed by atoms with Crippen molar-refractivity contribution in [2.75, 3.05) is 0 Å². The summed E-state index contributed by atoms with van der Waals surface area (Å²) in [6, 6.07) is 19.2. The molecule has 0 N–H and O–H groups in total. The number of nitrogens with zero attached hydrogens (tertiary/aromatic N) is 1. The van der Waals surface area contributed by atoms with Crippen molar-refractivity contribution in [2.24, 2.45) is 4.99 Å². The second kappa shape index (κ2) is 9.65. The van der Waals surface area contributed by atoms with Crippen LogP contribution >= 0.6 is 15.9 Å². The minimum absolute atomic E-state index is 0.322. The summed E-state index contributed by atoms with van der Waals surface area (Å²) in [4.78, 5) is 17.6. The van der Waals surface area contributed by atoms with Gasteiger partial charge in [-0.1, -0.05) is 82.7 Å². The average molecular weight is 428 g/mol. The quantitative estimate of drug-likeness (QED) is 0.423. The number of ether oxygens (including phenoxy) is 1. The Hall–Kier alpha value is -2.20. The van der Waals surface area contributed by atoms with Crippen LogP contribution in [-0.4, -0.2) is 23.3 Å². The molecule has 2 rings (SSSR count). The van der Waals surface area contributed by atoms with Gasteiger partial charge in [0.25, 0.3) is 0 Å². The lowest BCUT2D eigenvalue weighted by molar-refractivity contribution is -0.156. The van der Waals surface area contributed by atoms with Crippen molar-refractivity contribution in [3.05, 3.63) is 82.3 Å². The summed E-state index contributed by atoms with van der Waals surface area (Å²) in [5.74, 6) is -0.322. The van der Waals surface area contributed by atoms with Gasteiger partial charge in [0.15, 0.2) is 6.04 Å². The SMILES string of the molecule is C/C(Br)=C/CC(N=C(c1ccccc1)c1ccccc1)C(=O)OC(C)(C)C. The number of hydrogen-bond donors (Lipinski definition) is 0. The molecule has 2 aromatic rings. The molecule has 27 heavy (non-hydrogen) atoms. The van der Waals surface area contributed by atoms with Crippen LogP contribution < -0.4 is 0 Å². The van der Waals surface area contributed by atoms with Gasteiger partial charge in [-0.3, -0.25) is 4.99 Å². The molecule has 0 aliphatic heterocycles. The summed E-state index contributed by atoms with van der Waals surface area (Å²) in [5.41, 5.74) is 2.17. The lowest BCUT2D eigenvalue weighted by atomic mass is 10.0. The normalized spacial score (nSPS) is 13.0. The summed E-state index contributed by atoms with van der Waals surface area (Å²) in [6.45, 7) is 7.54. The molecule has 0 bridgehead atoms. The molecule has 0 aliphatic rings. The molecule has 0 aromatic heterocycles. The third kappa shape index (κ3) is 7.14. The number of rotatable bonds is 6. The van der Waals surface area contributed by atoms with E-state index in [2.05, 4.69) is 15.9 Å². The highest BCUT2D eigenvalue weighted by Gasteiger charge is 2.25. The van der Waals surface area contributed by atoms with Crippen LogP contribution in [0.25, 0.3) is 0 Å². The molecular formula is C23H26BrNO2. The van der Waals surface area contributed by atoms with E-state index in [0.29, 0.717) is 6.42 Å². The van der Waals surface area contributed by atoms with E-state index < -0.39 is 11.6 Å². The van der Waals surface area contributed by atoms with E-state index in [4.69, 9.17) is 9.73 Å². The Kier molecular flexibility index (Phi) is 7.55. The Morgan fingerprint density at radius 3 is 1.93 bits per heavy atom. The minimum atomic E-state index is -0.618. The molecule has 0 spiro atoms. The number of hydrogen-bond acceptors (Lipinski definition) is 3. The highest BCUT2D eigenvalue weighted by molar-refractivity contribution is 9.11.